The Balaban J connectivity index is 1.59. The summed E-state index contributed by atoms with van der Waals surface area (Å²) >= 11 is 0. The molecular formula is C22H28N2O3. The second-order valence-electron chi connectivity index (χ2n) is 7.34. The SMILES string of the molecule is CC(C)c1ccc(CN(C)[C@H](C)C(=O)Nc2ccc3c(c2)OCCO3)cc1. The number of carbonyl (C=O) groups is 1. The standard InChI is InChI=1S/C22H28N2O3/c1-15(2)18-7-5-17(6-8-18)14-24(4)16(3)22(25)23-19-9-10-20-21(13-19)27-12-11-26-20/h5-10,13,15-16H,11-12,14H2,1-4H3,(H,23,25)/t16-/m1/s1. The number of anilines is 1. The Bertz CT molecular complexity index is 787. The predicted octanol–water partition coefficient (Wildman–Crippen LogP) is 4.04. The van der Waals surface area contributed by atoms with E-state index in [9.17, 15) is 4.79 Å². The van der Waals surface area contributed by atoms with Crippen LogP contribution in [-0.4, -0.2) is 37.1 Å². The molecule has 0 radical (unpaired) electrons. The van der Waals surface area contributed by atoms with Crippen molar-refractivity contribution < 1.29 is 14.3 Å². The number of carbonyl (C=O) groups excluding carboxylic acids is 1. The molecule has 5 heteroatoms. The van der Waals surface area contributed by atoms with Gasteiger partial charge in [-0.25, -0.2) is 0 Å². The Morgan fingerprint density at radius 2 is 1.70 bits per heavy atom. The minimum absolute atomic E-state index is 0.0482. The van der Waals surface area contributed by atoms with E-state index in [1.807, 2.05) is 37.1 Å². The van der Waals surface area contributed by atoms with Crippen LogP contribution in [0.2, 0.25) is 0 Å². The molecule has 5 nitrogen and oxygen atoms in total. The van der Waals surface area contributed by atoms with Gasteiger partial charge in [0, 0.05) is 18.3 Å². The first-order valence-electron chi connectivity index (χ1n) is 9.43. The number of ether oxygens (including phenoxy) is 2. The molecule has 0 fully saturated rings. The van der Waals surface area contributed by atoms with Gasteiger partial charge in [-0.3, -0.25) is 9.69 Å². The molecular weight excluding hydrogens is 340 g/mol. The molecule has 27 heavy (non-hydrogen) atoms. The molecule has 0 unspecified atom stereocenters. The summed E-state index contributed by atoms with van der Waals surface area (Å²) in [4.78, 5) is 14.7. The van der Waals surface area contributed by atoms with Crippen molar-refractivity contribution in [3.63, 3.8) is 0 Å². The van der Waals surface area contributed by atoms with Crippen LogP contribution in [0, 0.1) is 0 Å². The second-order valence-corrected chi connectivity index (χ2v) is 7.34. The Hall–Kier alpha value is -2.53. The molecule has 0 bridgehead atoms. The van der Waals surface area contributed by atoms with E-state index in [4.69, 9.17) is 9.47 Å². The predicted molar refractivity (Wildman–Crippen MR) is 108 cm³/mol. The van der Waals surface area contributed by atoms with Crippen LogP contribution >= 0.6 is 0 Å². The van der Waals surface area contributed by atoms with Crippen molar-refractivity contribution in [2.45, 2.75) is 39.3 Å². The van der Waals surface area contributed by atoms with E-state index in [2.05, 4.69) is 43.4 Å². The summed E-state index contributed by atoms with van der Waals surface area (Å²) in [5.41, 5.74) is 3.23. The highest BCUT2D eigenvalue weighted by molar-refractivity contribution is 5.94. The van der Waals surface area contributed by atoms with Crippen molar-refractivity contribution in [2.24, 2.45) is 0 Å². The molecule has 1 amide bonds. The van der Waals surface area contributed by atoms with Crippen molar-refractivity contribution in [1.29, 1.82) is 0 Å². The maximum absolute atomic E-state index is 12.6. The summed E-state index contributed by atoms with van der Waals surface area (Å²) in [6.45, 7) is 8.08. The Kier molecular flexibility index (Phi) is 6.01. The number of benzene rings is 2. The van der Waals surface area contributed by atoms with Crippen molar-refractivity contribution in [3.8, 4) is 11.5 Å². The molecule has 0 aliphatic carbocycles. The third-order valence-corrected chi connectivity index (χ3v) is 4.93. The molecule has 0 spiro atoms. The smallest absolute Gasteiger partial charge is 0.241 e. The molecule has 0 saturated heterocycles. The third-order valence-electron chi connectivity index (χ3n) is 4.93. The van der Waals surface area contributed by atoms with Crippen LogP contribution in [0.25, 0.3) is 0 Å². The fourth-order valence-corrected chi connectivity index (χ4v) is 3.00. The van der Waals surface area contributed by atoms with Gasteiger partial charge >= 0.3 is 0 Å². The lowest BCUT2D eigenvalue weighted by Gasteiger charge is -2.24. The summed E-state index contributed by atoms with van der Waals surface area (Å²) in [6.07, 6.45) is 0. The zero-order chi connectivity index (χ0) is 19.4. The highest BCUT2D eigenvalue weighted by Crippen LogP contribution is 2.32. The van der Waals surface area contributed by atoms with Crippen molar-refractivity contribution >= 4 is 11.6 Å². The van der Waals surface area contributed by atoms with Crippen LogP contribution in [0.3, 0.4) is 0 Å². The molecule has 1 heterocycles. The quantitative estimate of drug-likeness (QED) is 0.836. The van der Waals surface area contributed by atoms with Crippen LogP contribution in [-0.2, 0) is 11.3 Å². The number of nitrogens with zero attached hydrogens (tertiary/aromatic N) is 1. The lowest BCUT2D eigenvalue weighted by atomic mass is 10.0. The van der Waals surface area contributed by atoms with Gasteiger partial charge in [0.05, 0.1) is 6.04 Å². The van der Waals surface area contributed by atoms with E-state index in [0.717, 1.165) is 0 Å². The maximum atomic E-state index is 12.6. The normalized spacial score (nSPS) is 14.3. The van der Waals surface area contributed by atoms with E-state index >= 15 is 0 Å². The lowest BCUT2D eigenvalue weighted by molar-refractivity contribution is -0.120. The monoisotopic (exact) mass is 368 g/mol. The summed E-state index contributed by atoms with van der Waals surface area (Å²) < 4.78 is 11.1. The zero-order valence-corrected chi connectivity index (χ0v) is 16.5. The van der Waals surface area contributed by atoms with Gasteiger partial charge in [0.1, 0.15) is 13.2 Å². The summed E-state index contributed by atoms with van der Waals surface area (Å²) in [5.74, 6) is 1.86. The number of rotatable bonds is 6. The Morgan fingerprint density at radius 1 is 1.04 bits per heavy atom. The van der Waals surface area contributed by atoms with Gasteiger partial charge in [0.15, 0.2) is 11.5 Å². The Morgan fingerprint density at radius 3 is 2.37 bits per heavy atom. The number of nitrogens with one attached hydrogen (secondary N) is 1. The van der Waals surface area contributed by atoms with Gasteiger partial charge in [-0.15, -0.1) is 0 Å². The van der Waals surface area contributed by atoms with Gasteiger partial charge in [0.2, 0.25) is 5.91 Å². The number of likely N-dealkylation sites (N-methyl/N-ethyl adjacent to an activating group) is 1. The van der Waals surface area contributed by atoms with E-state index < -0.39 is 0 Å². The van der Waals surface area contributed by atoms with E-state index in [0.29, 0.717) is 42.9 Å². The van der Waals surface area contributed by atoms with Crippen LogP contribution in [0.1, 0.15) is 37.8 Å². The van der Waals surface area contributed by atoms with E-state index in [1.54, 1.807) is 0 Å². The summed E-state index contributed by atoms with van der Waals surface area (Å²) in [6, 6.07) is 13.8. The average Bonchev–Trinajstić information content (AvgIpc) is 2.67. The molecule has 144 valence electrons. The van der Waals surface area contributed by atoms with E-state index in [-0.39, 0.29) is 11.9 Å². The van der Waals surface area contributed by atoms with Crippen molar-refractivity contribution in [2.75, 3.05) is 25.6 Å². The molecule has 1 atom stereocenters. The largest absolute Gasteiger partial charge is 0.486 e. The molecule has 2 aromatic rings. The maximum Gasteiger partial charge on any atom is 0.241 e. The summed E-state index contributed by atoms with van der Waals surface area (Å²) in [7, 11) is 1.96. The van der Waals surface area contributed by atoms with Gasteiger partial charge in [-0.05, 0) is 43.1 Å². The lowest BCUT2D eigenvalue weighted by Crippen LogP contribution is -2.39. The fraction of sp³-hybridized carbons (Fsp3) is 0.409. The molecule has 3 rings (SSSR count). The second kappa shape index (κ2) is 8.44. The first-order valence-corrected chi connectivity index (χ1v) is 9.43. The first kappa shape index (κ1) is 19.2. The van der Waals surface area contributed by atoms with Gasteiger partial charge in [0.25, 0.3) is 0 Å². The van der Waals surface area contributed by atoms with Gasteiger partial charge in [-0.2, -0.15) is 0 Å². The molecule has 0 saturated carbocycles. The number of hydrogen-bond donors (Lipinski definition) is 1. The fourth-order valence-electron chi connectivity index (χ4n) is 3.00. The third kappa shape index (κ3) is 4.80. The highest BCUT2D eigenvalue weighted by Gasteiger charge is 2.19. The van der Waals surface area contributed by atoms with Crippen LogP contribution in [0.4, 0.5) is 5.69 Å². The first-order chi connectivity index (χ1) is 12.9. The van der Waals surface area contributed by atoms with Crippen molar-refractivity contribution in [3.05, 3.63) is 53.6 Å². The van der Waals surface area contributed by atoms with Crippen molar-refractivity contribution in [1.82, 2.24) is 4.90 Å². The van der Waals surface area contributed by atoms with Gasteiger partial charge in [-0.1, -0.05) is 38.1 Å². The molecule has 2 aromatic carbocycles. The van der Waals surface area contributed by atoms with Crippen LogP contribution in [0.5, 0.6) is 11.5 Å². The zero-order valence-electron chi connectivity index (χ0n) is 16.5. The van der Waals surface area contributed by atoms with E-state index in [1.165, 1.54) is 11.1 Å². The minimum Gasteiger partial charge on any atom is -0.486 e. The number of fused-ring (bicyclic) bond motifs is 1. The van der Waals surface area contributed by atoms with Gasteiger partial charge < -0.3 is 14.8 Å². The topological polar surface area (TPSA) is 50.8 Å². The van der Waals surface area contributed by atoms with Crippen LogP contribution < -0.4 is 14.8 Å². The molecule has 1 aliphatic heterocycles. The summed E-state index contributed by atoms with van der Waals surface area (Å²) in [5, 5.41) is 2.97. The molecule has 1 N–H and O–H groups in total. The number of hydrogen-bond acceptors (Lipinski definition) is 4. The Labute approximate surface area is 161 Å². The molecule has 0 aromatic heterocycles. The molecule has 1 aliphatic rings. The number of amides is 1. The average molecular weight is 368 g/mol. The minimum atomic E-state index is -0.261. The highest BCUT2D eigenvalue weighted by atomic mass is 16.6. The van der Waals surface area contributed by atoms with Crippen LogP contribution in [0.15, 0.2) is 42.5 Å².